The van der Waals surface area contributed by atoms with Gasteiger partial charge in [0.2, 0.25) is 0 Å². The zero-order valence-corrected chi connectivity index (χ0v) is 10.9. The highest BCUT2D eigenvalue weighted by Crippen LogP contribution is 2.33. The first kappa shape index (κ1) is 14.3. The van der Waals surface area contributed by atoms with Gasteiger partial charge in [0.1, 0.15) is 0 Å². The Hall–Kier alpha value is -1.78. The topological polar surface area (TPSA) is 55.8 Å². The molecule has 5 heteroatoms. The number of rotatable bonds is 5. The molecule has 1 rings (SSSR count). The van der Waals surface area contributed by atoms with Crippen molar-refractivity contribution in [2.24, 2.45) is 5.41 Å². The number of carboxylic acids is 1. The third kappa shape index (κ3) is 2.91. The van der Waals surface area contributed by atoms with E-state index in [1.165, 1.54) is 20.3 Å². The summed E-state index contributed by atoms with van der Waals surface area (Å²) in [7, 11) is 2.76. The summed E-state index contributed by atoms with van der Waals surface area (Å²) in [6.45, 7) is 3.17. The van der Waals surface area contributed by atoms with Gasteiger partial charge in [-0.1, -0.05) is 0 Å². The Morgan fingerprint density at radius 3 is 2.39 bits per heavy atom. The van der Waals surface area contributed by atoms with Crippen molar-refractivity contribution in [1.82, 2.24) is 0 Å². The SMILES string of the molecule is COc1cc(CC(C)(C)C(=O)O)cc(F)c1OC. The van der Waals surface area contributed by atoms with Gasteiger partial charge in [0.05, 0.1) is 19.6 Å². The number of benzene rings is 1. The predicted molar refractivity (Wildman–Crippen MR) is 64.6 cm³/mol. The highest BCUT2D eigenvalue weighted by atomic mass is 19.1. The van der Waals surface area contributed by atoms with Gasteiger partial charge in [-0.2, -0.15) is 0 Å². The van der Waals surface area contributed by atoms with Gasteiger partial charge >= 0.3 is 5.97 Å². The lowest BCUT2D eigenvalue weighted by molar-refractivity contribution is -0.146. The maximum atomic E-state index is 13.7. The van der Waals surface area contributed by atoms with E-state index in [2.05, 4.69) is 0 Å². The predicted octanol–water partition coefficient (Wildman–Crippen LogP) is 2.50. The summed E-state index contributed by atoms with van der Waals surface area (Å²) in [5, 5.41) is 9.05. The average molecular weight is 256 g/mol. The highest BCUT2D eigenvalue weighted by Gasteiger charge is 2.28. The molecule has 0 unspecified atom stereocenters. The van der Waals surface area contributed by atoms with Crippen molar-refractivity contribution in [3.8, 4) is 11.5 Å². The number of hydrogen-bond donors (Lipinski definition) is 1. The van der Waals surface area contributed by atoms with Crippen LogP contribution in [0, 0.1) is 11.2 Å². The molecule has 0 aliphatic heterocycles. The van der Waals surface area contributed by atoms with Crippen molar-refractivity contribution >= 4 is 5.97 Å². The molecule has 1 aromatic carbocycles. The van der Waals surface area contributed by atoms with Gasteiger partial charge in [-0.15, -0.1) is 0 Å². The smallest absolute Gasteiger partial charge is 0.309 e. The first-order chi connectivity index (χ1) is 8.31. The highest BCUT2D eigenvalue weighted by molar-refractivity contribution is 5.74. The van der Waals surface area contributed by atoms with Crippen LogP contribution in [0.15, 0.2) is 12.1 Å². The Balaban J connectivity index is 3.13. The second-order valence-electron chi connectivity index (χ2n) is 4.68. The van der Waals surface area contributed by atoms with E-state index >= 15 is 0 Å². The molecule has 0 saturated heterocycles. The van der Waals surface area contributed by atoms with Crippen LogP contribution in [0.5, 0.6) is 11.5 Å². The molecule has 0 aliphatic carbocycles. The van der Waals surface area contributed by atoms with E-state index < -0.39 is 17.2 Å². The fourth-order valence-electron chi connectivity index (χ4n) is 1.66. The molecule has 0 aliphatic rings. The Bertz CT molecular complexity index is 455. The minimum absolute atomic E-state index is 0.0226. The van der Waals surface area contributed by atoms with E-state index in [9.17, 15) is 9.18 Å². The summed E-state index contributed by atoms with van der Waals surface area (Å²) in [6, 6.07) is 2.86. The first-order valence-corrected chi connectivity index (χ1v) is 5.45. The van der Waals surface area contributed by atoms with Crippen molar-refractivity contribution in [2.45, 2.75) is 20.3 Å². The lowest BCUT2D eigenvalue weighted by Gasteiger charge is -2.20. The van der Waals surface area contributed by atoms with Gasteiger partial charge in [-0.3, -0.25) is 4.79 Å². The van der Waals surface area contributed by atoms with Crippen molar-refractivity contribution < 1.29 is 23.8 Å². The molecule has 0 saturated carbocycles. The van der Waals surface area contributed by atoms with Crippen LogP contribution in [0.3, 0.4) is 0 Å². The molecule has 1 N–H and O–H groups in total. The van der Waals surface area contributed by atoms with Crippen LogP contribution in [0.1, 0.15) is 19.4 Å². The Morgan fingerprint density at radius 1 is 1.33 bits per heavy atom. The minimum atomic E-state index is -0.966. The number of hydrogen-bond acceptors (Lipinski definition) is 3. The summed E-state index contributed by atoms with van der Waals surface area (Å²) in [5.74, 6) is -1.21. The van der Waals surface area contributed by atoms with E-state index in [0.29, 0.717) is 5.56 Å². The van der Waals surface area contributed by atoms with Gasteiger partial charge in [0.15, 0.2) is 17.3 Å². The molecule has 18 heavy (non-hydrogen) atoms. The van der Waals surface area contributed by atoms with Crippen molar-refractivity contribution in [3.63, 3.8) is 0 Å². The lowest BCUT2D eigenvalue weighted by Crippen LogP contribution is -2.26. The summed E-state index contributed by atoms with van der Waals surface area (Å²) in [6.07, 6.45) is 0.208. The van der Waals surface area contributed by atoms with Gasteiger partial charge in [-0.05, 0) is 38.0 Å². The van der Waals surface area contributed by atoms with Crippen molar-refractivity contribution in [2.75, 3.05) is 14.2 Å². The number of carbonyl (C=O) groups is 1. The zero-order valence-electron chi connectivity index (χ0n) is 10.9. The zero-order chi connectivity index (χ0) is 13.9. The summed E-state index contributed by atoms with van der Waals surface area (Å²) < 4.78 is 23.6. The van der Waals surface area contributed by atoms with Crippen LogP contribution in [-0.2, 0) is 11.2 Å². The molecule has 0 spiro atoms. The van der Waals surface area contributed by atoms with Crippen molar-refractivity contribution in [1.29, 1.82) is 0 Å². The molecular weight excluding hydrogens is 239 g/mol. The maximum absolute atomic E-state index is 13.7. The first-order valence-electron chi connectivity index (χ1n) is 5.45. The molecule has 1 aromatic rings. The molecule has 0 fully saturated rings. The Morgan fingerprint density at radius 2 is 1.94 bits per heavy atom. The van der Waals surface area contributed by atoms with Gasteiger partial charge in [0.25, 0.3) is 0 Å². The average Bonchev–Trinajstić information content (AvgIpc) is 2.27. The van der Waals surface area contributed by atoms with Crippen LogP contribution in [-0.4, -0.2) is 25.3 Å². The molecule has 100 valence electrons. The third-order valence-corrected chi connectivity index (χ3v) is 2.72. The number of halogens is 1. The maximum Gasteiger partial charge on any atom is 0.309 e. The van der Waals surface area contributed by atoms with E-state index in [1.54, 1.807) is 19.9 Å². The Labute approximate surface area is 105 Å². The van der Waals surface area contributed by atoms with Crippen LogP contribution in [0.4, 0.5) is 4.39 Å². The quantitative estimate of drug-likeness (QED) is 0.879. The molecular formula is C13H17FO4. The van der Waals surface area contributed by atoms with Crippen molar-refractivity contribution in [3.05, 3.63) is 23.5 Å². The fraction of sp³-hybridized carbons (Fsp3) is 0.462. The van der Waals surface area contributed by atoms with Crippen LogP contribution in [0.2, 0.25) is 0 Å². The van der Waals surface area contributed by atoms with Gasteiger partial charge in [0, 0.05) is 0 Å². The number of aliphatic carboxylic acids is 1. The molecule has 0 heterocycles. The molecule has 0 radical (unpaired) electrons. The second-order valence-corrected chi connectivity index (χ2v) is 4.68. The summed E-state index contributed by atoms with van der Waals surface area (Å²) in [4.78, 5) is 11.0. The fourth-order valence-corrected chi connectivity index (χ4v) is 1.66. The van der Waals surface area contributed by atoms with Crippen LogP contribution >= 0.6 is 0 Å². The number of carboxylic acid groups (broad SMARTS) is 1. The third-order valence-electron chi connectivity index (χ3n) is 2.72. The normalized spacial score (nSPS) is 11.2. The van der Waals surface area contributed by atoms with Gasteiger partial charge in [-0.25, -0.2) is 4.39 Å². The standard InChI is InChI=1S/C13H17FO4/c1-13(2,12(15)16)7-8-5-9(14)11(18-4)10(6-8)17-3/h5-6H,7H2,1-4H3,(H,15,16). The van der Waals surface area contributed by atoms with Gasteiger partial charge < -0.3 is 14.6 Å². The number of ether oxygens (including phenoxy) is 2. The lowest BCUT2D eigenvalue weighted by atomic mass is 9.86. The largest absolute Gasteiger partial charge is 0.493 e. The summed E-state index contributed by atoms with van der Waals surface area (Å²) >= 11 is 0. The molecule has 4 nitrogen and oxygen atoms in total. The van der Waals surface area contributed by atoms with E-state index in [-0.39, 0.29) is 17.9 Å². The van der Waals surface area contributed by atoms with E-state index in [0.717, 1.165) is 0 Å². The molecule has 0 atom stereocenters. The van der Waals surface area contributed by atoms with E-state index in [1.807, 2.05) is 0 Å². The van der Waals surface area contributed by atoms with Crippen LogP contribution in [0.25, 0.3) is 0 Å². The summed E-state index contributed by atoms with van der Waals surface area (Å²) in [5.41, 5.74) is -0.413. The monoisotopic (exact) mass is 256 g/mol. The number of methoxy groups -OCH3 is 2. The van der Waals surface area contributed by atoms with E-state index in [4.69, 9.17) is 14.6 Å². The molecule has 0 bridgehead atoms. The Kier molecular flexibility index (Phi) is 4.16. The van der Waals surface area contributed by atoms with Crippen LogP contribution < -0.4 is 9.47 Å². The molecule has 0 amide bonds. The molecule has 0 aromatic heterocycles. The second kappa shape index (κ2) is 5.25. The minimum Gasteiger partial charge on any atom is -0.493 e.